The van der Waals surface area contributed by atoms with Crippen LogP contribution in [0.4, 0.5) is 4.39 Å². The highest BCUT2D eigenvalue weighted by atomic mass is 19.1. The fourth-order valence-corrected chi connectivity index (χ4v) is 4.47. The van der Waals surface area contributed by atoms with Crippen LogP contribution in [0.2, 0.25) is 0 Å². The lowest BCUT2D eigenvalue weighted by Gasteiger charge is -2.20. The number of hydrogen-bond acceptors (Lipinski definition) is 2. The molecule has 1 aliphatic heterocycles. The van der Waals surface area contributed by atoms with Gasteiger partial charge in [0.1, 0.15) is 11.9 Å². The van der Waals surface area contributed by atoms with Crippen molar-refractivity contribution in [3.05, 3.63) is 47.4 Å². The molecule has 0 bridgehead atoms. The van der Waals surface area contributed by atoms with Crippen molar-refractivity contribution in [2.75, 3.05) is 6.54 Å². The first kappa shape index (κ1) is 19.7. The Hall–Kier alpha value is -2.63. The number of aromatic amines is 1. The van der Waals surface area contributed by atoms with E-state index in [2.05, 4.69) is 21.7 Å². The molecule has 154 valence electrons. The smallest absolute Gasteiger partial charge is 0.242 e. The van der Waals surface area contributed by atoms with Gasteiger partial charge < -0.3 is 15.6 Å². The third-order valence-electron chi connectivity index (χ3n) is 6.10. The topological polar surface area (TPSA) is 74.0 Å². The van der Waals surface area contributed by atoms with Crippen LogP contribution < -0.4 is 10.6 Å². The van der Waals surface area contributed by atoms with Gasteiger partial charge in [0.25, 0.3) is 0 Å². The lowest BCUT2D eigenvalue weighted by molar-refractivity contribution is -0.127. The second-order valence-corrected chi connectivity index (χ2v) is 8.17. The number of aromatic nitrogens is 1. The quantitative estimate of drug-likeness (QED) is 0.694. The fraction of sp³-hybridized carbons (Fsp3) is 0.478. The Balaban J connectivity index is 1.50. The summed E-state index contributed by atoms with van der Waals surface area (Å²) in [5, 5.41) is 5.56. The minimum atomic E-state index is -0.414. The SMILES string of the molecule is O=C(CCc1cc(C2CCCCC2)[nH]c1-c1ccc(F)cc1)NC1CCNC1=O. The summed E-state index contributed by atoms with van der Waals surface area (Å²) in [6.45, 7) is 0.612. The minimum absolute atomic E-state index is 0.105. The average Bonchev–Trinajstić information content (AvgIpc) is 3.34. The molecule has 2 aliphatic rings. The molecular weight excluding hydrogens is 369 g/mol. The maximum Gasteiger partial charge on any atom is 0.242 e. The van der Waals surface area contributed by atoms with Gasteiger partial charge in [0, 0.05) is 24.4 Å². The Kier molecular flexibility index (Phi) is 5.97. The molecule has 6 heteroatoms. The van der Waals surface area contributed by atoms with E-state index in [-0.39, 0.29) is 17.6 Å². The van der Waals surface area contributed by atoms with E-state index >= 15 is 0 Å². The number of benzene rings is 1. The Morgan fingerprint density at radius 1 is 1.10 bits per heavy atom. The molecule has 3 N–H and O–H groups in total. The summed E-state index contributed by atoms with van der Waals surface area (Å²) in [6.07, 6.45) is 7.69. The number of amides is 2. The molecule has 2 fully saturated rings. The first-order valence-corrected chi connectivity index (χ1v) is 10.6. The molecule has 5 nitrogen and oxygen atoms in total. The number of H-pyrrole nitrogens is 1. The zero-order chi connectivity index (χ0) is 20.2. The molecule has 1 atom stereocenters. The number of nitrogens with one attached hydrogen (secondary N) is 3. The largest absolute Gasteiger partial charge is 0.358 e. The van der Waals surface area contributed by atoms with Crippen molar-refractivity contribution in [3.63, 3.8) is 0 Å². The summed E-state index contributed by atoms with van der Waals surface area (Å²) in [5.41, 5.74) is 4.19. The van der Waals surface area contributed by atoms with Crippen molar-refractivity contribution < 1.29 is 14.0 Å². The third-order valence-corrected chi connectivity index (χ3v) is 6.10. The van der Waals surface area contributed by atoms with E-state index in [4.69, 9.17) is 0 Å². The van der Waals surface area contributed by atoms with Crippen molar-refractivity contribution >= 4 is 11.8 Å². The van der Waals surface area contributed by atoms with Gasteiger partial charge in [0.15, 0.2) is 0 Å². The molecule has 0 radical (unpaired) electrons. The molecule has 2 amide bonds. The zero-order valence-corrected chi connectivity index (χ0v) is 16.6. The first-order valence-electron chi connectivity index (χ1n) is 10.6. The summed E-state index contributed by atoms with van der Waals surface area (Å²) in [7, 11) is 0. The number of carbonyl (C=O) groups is 2. The number of carbonyl (C=O) groups excluding carboxylic acids is 2. The maximum atomic E-state index is 13.4. The molecule has 2 heterocycles. The number of hydrogen-bond donors (Lipinski definition) is 3. The maximum absolute atomic E-state index is 13.4. The summed E-state index contributed by atoms with van der Waals surface area (Å²) in [5.74, 6) is 0.0420. The zero-order valence-electron chi connectivity index (χ0n) is 16.6. The Morgan fingerprint density at radius 2 is 1.86 bits per heavy atom. The van der Waals surface area contributed by atoms with Crippen LogP contribution in [0.5, 0.6) is 0 Å². The van der Waals surface area contributed by atoms with Crippen LogP contribution in [0.1, 0.15) is 62.1 Å². The van der Waals surface area contributed by atoms with Crippen LogP contribution in [-0.4, -0.2) is 29.4 Å². The number of aryl methyl sites for hydroxylation is 1. The van der Waals surface area contributed by atoms with E-state index < -0.39 is 6.04 Å². The van der Waals surface area contributed by atoms with Crippen LogP contribution >= 0.6 is 0 Å². The molecular formula is C23H28FN3O2. The van der Waals surface area contributed by atoms with Crippen molar-refractivity contribution in [2.24, 2.45) is 0 Å². The molecule has 1 aromatic heterocycles. The summed E-state index contributed by atoms with van der Waals surface area (Å²) < 4.78 is 13.4. The van der Waals surface area contributed by atoms with Gasteiger partial charge in [0.2, 0.25) is 11.8 Å². The second-order valence-electron chi connectivity index (χ2n) is 8.17. The van der Waals surface area contributed by atoms with Crippen LogP contribution in [0.25, 0.3) is 11.3 Å². The van der Waals surface area contributed by atoms with Crippen LogP contribution in [0.3, 0.4) is 0 Å². The summed E-state index contributed by atoms with van der Waals surface area (Å²) in [6, 6.07) is 8.25. The Bertz CT molecular complexity index is 869. The molecule has 1 saturated heterocycles. The highest BCUT2D eigenvalue weighted by Crippen LogP contribution is 2.35. The van der Waals surface area contributed by atoms with E-state index in [1.807, 2.05) is 0 Å². The van der Waals surface area contributed by atoms with E-state index in [1.54, 1.807) is 12.1 Å². The van der Waals surface area contributed by atoms with Gasteiger partial charge in [-0.1, -0.05) is 19.3 Å². The van der Waals surface area contributed by atoms with Gasteiger partial charge in [0.05, 0.1) is 0 Å². The predicted molar refractivity (Wildman–Crippen MR) is 110 cm³/mol. The van der Waals surface area contributed by atoms with E-state index in [0.717, 1.165) is 16.8 Å². The number of rotatable bonds is 6. The van der Waals surface area contributed by atoms with E-state index in [1.165, 1.54) is 49.9 Å². The fourth-order valence-electron chi connectivity index (χ4n) is 4.47. The van der Waals surface area contributed by atoms with E-state index in [9.17, 15) is 14.0 Å². The van der Waals surface area contributed by atoms with Crippen molar-refractivity contribution in [2.45, 2.75) is 63.3 Å². The monoisotopic (exact) mass is 397 g/mol. The summed E-state index contributed by atoms with van der Waals surface area (Å²) in [4.78, 5) is 27.6. The molecule has 0 spiro atoms. The summed E-state index contributed by atoms with van der Waals surface area (Å²) >= 11 is 0. The second kappa shape index (κ2) is 8.80. The lowest BCUT2D eigenvalue weighted by atomic mass is 9.87. The lowest BCUT2D eigenvalue weighted by Crippen LogP contribution is -2.40. The molecule has 4 rings (SSSR count). The highest BCUT2D eigenvalue weighted by molar-refractivity contribution is 5.89. The van der Waals surface area contributed by atoms with Gasteiger partial charge in [-0.05, 0) is 73.1 Å². The van der Waals surface area contributed by atoms with Gasteiger partial charge in [-0.3, -0.25) is 9.59 Å². The van der Waals surface area contributed by atoms with Crippen molar-refractivity contribution in [1.29, 1.82) is 0 Å². The van der Waals surface area contributed by atoms with Gasteiger partial charge in [-0.2, -0.15) is 0 Å². The molecule has 1 aliphatic carbocycles. The normalized spacial score (nSPS) is 19.9. The van der Waals surface area contributed by atoms with Gasteiger partial charge in [-0.15, -0.1) is 0 Å². The van der Waals surface area contributed by atoms with Gasteiger partial charge >= 0.3 is 0 Å². The highest BCUT2D eigenvalue weighted by Gasteiger charge is 2.26. The standard InChI is InChI=1S/C23H28FN3O2/c24-18-9-6-16(7-10-18)22-17(14-20(27-22)15-4-2-1-3-5-15)8-11-21(28)26-19-12-13-25-23(19)29/h6-7,9-10,14-15,19,27H,1-5,8,11-13H2,(H,25,29)(H,26,28). The minimum Gasteiger partial charge on any atom is -0.358 e. The van der Waals surface area contributed by atoms with Crippen molar-refractivity contribution in [3.8, 4) is 11.3 Å². The molecule has 1 aromatic carbocycles. The van der Waals surface area contributed by atoms with Crippen LogP contribution in [-0.2, 0) is 16.0 Å². The molecule has 1 saturated carbocycles. The van der Waals surface area contributed by atoms with Crippen molar-refractivity contribution in [1.82, 2.24) is 15.6 Å². The van der Waals surface area contributed by atoms with E-state index in [0.29, 0.717) is 31.7 Å². The van der Waals surface area contributed by atoms with Crippen LogP contribution in [0, 0.1) is 5.82 Å². The third kappa shape index (κ3) is 4.69. The molecule has 1 unspecified atom stereocenters. The van der Waals surface area contributed by atoms with Gasteiger partial charge in [-0.25, -0.2) is 4.39 Å². The molecule has 2 aromatic rings. The average molecular weight is 397 g/mol. The van der Waals surface area contributed by atoms with Crippen LogP contribution in [0.15, 0.2) is 30.3 Å². The number of halogens is 1. The Morgan fingerprint density at radius 3 is 2.55 bits per heavy atom. The Labute approximate surface area is 170 Å². The predicted octanol–water partition coefficient (Wildman–Crippen LogP) is 3.81. The first-order chi connectivity index (χ1) is 14.1. The molecule has 29 heavy (non-hydrogen) atoms.